The number of hydrogen-bond acceptors (Lipinski definition) is 5. The minimum absolute atomic E-state index is 0.0350. The minimum Gasteiger partial charge on any atom is -0.491 e. The molecule has 1 amide bonds. The van der Waals surface area contributed by atoms with Crippen molar-refractivity contribution in [1.29, 1.82) is 0 Å². The van der Waals surface area contributed by atoms with Crippen LogP contribution in [0.25, 0.3) is 0 Å². The van der Waals surface area contributed by atoms with Crippen molar-refractivity contribution in [3.8, 4) is 5.75 Å². The molecule has 8 heteroatoms. The highest BCUT2D eigenvalue weighted by molar-refractivity contribution is 7.89. The van der Waals surface area contributed by atoms with Gasteiger partial charge in [-0.1, -0.05) is 0 Å². The number of carbonyl (C=O) groups excluding carboxylic acids is 1. The predicted octanol–water partition coefficient (Wildman–Crippen LogP) is 0.254. The molecule has 0 aliphatic carbocycles. The van der Waals surface area contributed by atoms with Gasteiger partial charge in [0, 0.05) is 6.61 Å². The molecule has 0 aromatic heterocycles. The maximum absolute atomic E-state index is 12.0. The van der Waals surface area contributed by atoms with Crippen molar-refractivity contribution in [2.45, 2.75) is 24.8 Å². The van der Waals surface area contributed by atoms with Gasteiger partial charge in [0.05, 0.1) is 17.5 Å². The fourth-order valence-corrected chi connectivity index (χ4v) is 2.65. The van der Waals surface area contributed by atoms with Gasteiger partial charge in [-0.05, 0) is 38.1 Å². The topological polar surface area (TPSA) is 108 Å². The number of nitrogens with one attached hydrogen (secondary N) is 1. The van der Waals surface area contributed by atoms with Crippen LogP contribution in [0, 0.1) is 0 Å². The Kier molecular flexibility index (Phi) is 6.60. The van der Waals surface area contributed by atoms with Crippen LogP contribution in [0.3, 0.4) is 0 Å². The number of ether oxygens (including phenoxy) is 2. The Labute approximate surface area is 124 Å². The number of benzene rings is 1. The van der Waals surface area contributed by atoms with Crippen LogP contribution < -0.4 is 15.2 Å². The quantitative estimate of drug-likeness (QED) is 0.635. The Morgan fingerprint density at radius 3 is 2.43 bits per heavy atom. The first-order valence-corrected chi connectivity index (χ1v) is 7.97. The molecule has 0 spiro atoms. The number of carbonyl (C=O) groups is 1. The van der Waals surface area contributed by atoms with Gasteiger partial charge in [0.25, 0.3) is 0 Å². The average Bonchev–Trinajstić information content (AvgIpc) is 2.43. The van der Waals surface area contributed by atoms with Crippen LogP contribution >= 0.6 is 0 Å². The second-order valence-corrected chi connectivity index (χ2v) is 5.98. The fraction of sp³-hybridized carbons (Fsp3) is 0.462. The van der Waals surface area contributed by atoms with E-state index in [9.17, 15) is 13.2 Å². The van der Waals surface area contributed by atoms with E-state index in [2.05, 4.69) is 4.72 Å². The number of sulfonamides is 1. The zero-order valence-electron chi connectivity index (χ0n) is 12.0. The van der Waals surface area contributed by atoms with Gasteiger partial charge in [0.1, 0.15) is 12.4 Å². The van der Waals surface area contributed by atoms with Gasteiger partial charge in [0.15, 0.2) is 0 Å². The molecule has 3 N–H and O–H groups in total. The first-order valence-electron chi connectivity index (χ1n) is 6.49. The third-order valence-corrected chi connectivity index (χ3v) is 4.15. The Morgan fingerprint density at radius 1 is 1.29 bits per heavy atom. The fourth-order valence-electron chi connectivity index (χ4n) is 1.44. The van der Waals surface area contributed by atoms with Crippen molar-refractivity contribution >= 4 is 15.9 Å². The molecule has 0 aliphatic heterocycles. The Morgan fingerprint density at radius 2 is 1.90 bits per heavy atom. The molecule has 1 atom stereocenters. The van der Waals surface area contributed by atoms with Gasteiger partial charge in [-0.25, -0.2) is 8.42 Å². The van der Waals surface area contributed by atoms with E-state index in [1.165, 1.54) is 31.2 Å². The van der Waals surface area contributed by atoms with Gasteiger partial charge >= 0.3 is 0 Å². The number of rotatable bonds is 9. The van der Waals surface area contributed by atoms with Crippen molar-refractivity contribution in [3.63, 3.8) is 0 Å². The van der Waals surface area contributed by atoms with Crippen LogP contribution in [-0.2, 0) is 19.6 Å². The monoisotopic (exact) mass is 316 g/mol. The van der Waals surface area contributed by atoms with Gasteiger partial charge < -0.3 is 15.2 Å². The molecule has 0 fully saturated rings. The first kappa shape index (κ1) is 17.4. The molecule has 118 valence electrons. The summed E-state index contributed by atoms with van der Waals surface area (Å²) in [6.45, 7) is 4.74. The highest BCUT2D eigenvalue weighted by Crippen LogP contribution is 2.16. The molecular weight excluding hydrogens is 296 g/mol. The third kappa shape index (κ3) is 5.70. The van der Waals surface area contributed by atoms with E-state index in [0.29, 0.717) is 25.6 Å². The summed E-state index contributed by atoms with van der Waals surface area (Å²) in [6, 6.07) is 4.89. The maximum atomic E-state index is 12.0. The number of nitrogens with two attached hydrogens (primary N) is 1. The molecule has 1 aromatic carbocycles. The van der Waals surface area contributed by atoms with Crippen molar-refractivity contribution in [1.82, 2.24) is 4.72 Å². The van der Waals surface area contributed by atoms with Crippen LogP contribution in [-0.4, -0.2) is 40.2 Å². The normalized spacial score (nSPS) is 12.9. The lowest BCUT2D eigenvalue weighted by Crippen LogP contribution is -2.42. The summed E-state index contributed by atoms with van der Waals surface area (Å²) in [7, 11) is -3.78. The van der Waals surface area contributed by atoms with Gasteiger partial charge in [-0.2, -0.15) is 4.72 Å². The zero-order valence-corrected chi connectivity index (χ0v) is 12.9. The Balaban J connectivity index is 2.66. The van der Waals surface area contributed by atoms with Crippen molar-refractivity contribution in [2.24, 2.45) is 5.73 Å². The van der Waals surface area contributed by atoms with Gasteiger partial charge in [-0.15, -0.1) is 0 Å². The van der Waals surface area contributed by atoms with E-state index < -0.39 is 22.0 Å². The lowest BCUT2D eigenvalue weighted by atomic mass is 10.3. The molecular formula is C13H20N2O5S. The van der Waals surface area contributed by atoms with Crippen LogP contribution in [0.1, 0.15) is 13.8 Å². The van der Waals surface area contributed by atoms with E-state index in [0.717, 1.165) is 0 Å². The van der Waals surface area contributed by atoms with Crippen LogP contribution in [0.4, 0.5) is 0 Å². The molecule has 21 heavy (non-hydrogen) atoms. The second kappa shape index (κ2) is 7.96. The lowest BCUT2D eigenvalue weighted by molar-refractivity contribution is -0.119. The summed E-state index contributed by atoms with van der Waals surface area (Å²) < 4.78 is 36.6. The summed E-state index contributed by atoms with van der Waals surface area (Å²) in [5.74, 6) is -0.203. The van der Waals surface area contributed by atoms with Crippen molar-refractivity contribution in [3.05, 3.63) is 24.3 Å². The maximum Gasteiger partial charge on any atom is 0.241 e. The van der Waals surface area contributed by atoms with Gasteiger partial charge in [0.2, 0.25) is 15.9 Å². The number of amides is 1. The van der Waals surface area contributed by atoms with Crippen LogP contribution in [0.15, 0.2) is 29.2 Å². The predicted molar refractivity (Wildman–Crippen MR) is 77.4 cm³/mol. The first-order chi connectivity index (χ1) is 9.86. The standard InChI is InChI=1S/C13H20N2O5S/c1-3-19-8-9-20-11-4-6-12(7-5-11)21(17,18)15-10(2)13(14)16/h4-7,10,15H,3,8-9H2,1-2H3,(H2,14,16)/t10-/m0/s1. The molecule has 0 saturated heterocycles. The molecule has 7 nitrogen and oxygen atoms in total. The van der Waals surface area contributed by atoms with E-state index in [-0.39, 0.29) is 4.90 Å². The molecule has 1 aromatic rings. The Hall–Kier alpha value is -1.64. The van der Waals surface area contributed by atoms with E-state index in [4.69, 9.17) is 15.2 Å². The smallest absolute Gasteiger partial charge is 0.241 e. The number of primary amides is 1. The van der Waals surface area contributed by atoms with Crippen LogP contribution in [0.2, 0.25) is 0 Å². The highest BCUT2D eigenvalue weighted by Gasteiger charge is 2.20. The van der Waals surface area contributed by atoms with E-state index >= 15 is 0 Å². The van der Waals surface area contributed by atoms with Crippen molar-refractivity contribution in [2.75, 3.05) is 19.8 Å². The summed E-state index contributed by atoms with van der Waals surface area (Å²) >= 11 is 0. The summed E-state index contributed by atoms with van der Waals surface area (Å²) in [6.07, 6.45) is 0. The third-order valence-electron chi connectivity index (χ3n) is 2.59. The van der Waals surface area contributed by atoms with E-state index in [1.54, 1.807) is 0 Å². The molecule has 1 rings (SSSR count). The molecule has 0 bridgehead atoms. The molecule has 0 heterocycles. The van der Waals surface area contributed by atoms with E-state index in [1.807, 2.05) is 6.92 Å². The minimum atomic E-state index is -3.78. The SMILES string of the molecule is CCOCCOc1ccc(S(=O)(=O)N[C@@H](C)C(N)=O)cc1. The largest absolute Gasteiger partial charge is 0.491 e. The lowest BCUT2D eigenvalue weighted by Gasteiger charge is -2.11. The second-order valence-electron chi connectivity index (χ2n) is 4.26. The zero-order chi connectivity index (χ0) is 15.9. The van der Waals surface area contributed by atoms with Crippen molar-refractivity contribution < 1.29 is 22.7 Å². The summed E-state index contributed by atoms with van der Waals surface area (Å²) in [5.41, 5.74) is 5.03. The highest BCUT2D eigenvalue weighted by atomic mass is 32.2. The summed E-state index contributed by atoms with van der Waals surface area (Å²) in [5, 5.41) is 0. The molecule has 0 radical (unpaired) electrons. The summed E-state index contributed by atoms with van der Waals surface area (Å²) in [4.78, 5) is 10.9. The number of hydrogen-bond donors (Lipinski definition) is 2. The molecule has 0 unspecified atom stereocenters. The van der Waals surface area contributed by atoms with Crippen LogP contribution in [0.5, 0.6) is 5.75 Å². The molecule has 0 saturated carbocycles. The van der Waals surface area contributed by atoms with Gasteiger partial charge in [-0.3, -0.25) is 4.79 Å². The molecule has 0 aliphatic rings. The Bertz CT molecular complexity index is 556. The average molecular weight is 316 g/mol.